The molecule has 1 aromatic heterocycles. The number of nitrogens with zero attached hydrogens (tertiary/aromatic N) is 3. The number of aromatic nitrogens is 1. The van der Waals surface area contributed by atoms with E-state index in [-0.39, 0.29) is 11.6 Å². The lowest BCUT2D eigenvalue weighted by Gasteiger charge is -2.37. The number of rotatable bonds is 2. The highest BCUT2D eigenvalue weighted by Gasteiger charge is 2.44. The lowest BCUT2D eigenvalue weighted by atomic mass is 9.90. The van der Waals surface area contributed by atoms with Crippen molar-refractivity contribution in [2.45, 2.75) is 31.1 Å². The molecular weight excluding hydrogens is 351 g/mol. The molecule has 0 saturated heterocycles. The molecule has 0 spiro atoms. The summed E-state index contributed by atoms with van der Waals surface area (Å²) >= 11 is 0. The van der Waals surface area contributed by atoms with E-state index in [1.807, 2.05) is 6.07 Å². The summed E-state index contributed by atoms with van der Waals surface area (Å²) in [5.41, 5.74) is 7.16. The standard InChI is InChI=1S/C19H19FN4OS/c1-18(2)17(22)24-19(3,11-26(18)25)15-7-13(4-5-16(15)20)14-6-12(8-21)9-23-10-14/h4-7,9-10H,11H2,1-3H3,(H2,22,24)/t19-,26?/m0/s1. The van der Waals surface area contributed by atoms with Crippen LogP contribution in [0.15, 0.2) is 41.7 Å². The van der Waals surface area contributed by atoms with Crippen LogP contribution >= 0.6 is 0 Å². The predicted octanol–water partition coefficient (Wildman–Crippen LogP) is 2.87. The third kappa shape index (κ3) is 3.01. The van der Waals surface area contributed by atoms with Gasteiger partial charge in [0.05, 0.1) is 21.6 Å². The highest BCUT2D eigenvalue weighted by atomic mass is 32.2. The fourth-order valence-corrected chi connectivity index (χ4v) is 4.27. The Morgan fingerprint density at radius 1 is 1.23 bits per heavy atom. The number of nitrogens with two attached hydrogens (primary N) is 1. The van der Waals surface area contributed by atoms with Crippen molar-refractivity contribution in [3.8, 4) is 17.2 Å². The Morgan fingerprint density at radius 3 is 2.62 bits per heavy atom. The van der Waals surface area contributed by atoms with Gasteiger partial charge in [0.25, 0.3) is 0 Å². The summed E-state index contributed by atoms with van der Waals surface area (Å²) in [7, 11) is -1.29. The molecule has 1 aliphatic rings. The van der Waals surface area contributed by atoms with Gasteiger partial charge in [0.15, 0.2) is 0 Å². The number of aliphatic imine (C=N–C) groups is 1. The normalized spacial score (nSPS) is 24.6. The van der Waals surface area contributed by atoms with Gasteiger partial charge in [-0.15, -0.1) is 0 Å². The third-order valence-electron chi connectivity index (χ3n) is 4.71. The lowest BCUT2D eigenvalue weighted by Crippen LogP contribution is -2.52. The number of pyridine rings is 1. The Bertz CT molecular complexity index is 980. The van der Waals surface area contributed by atoms with Crippen molar-refractivity contribution in [3.63, 3.8) is 0 Å². The minimum atomic E-state index is -1.29. The summed E-state index contributed by atoms with van der Waals surface area (Å²) < 4.78 is 26.5. The fraction of sp³-hybridized carbons (Fsp3) is 0.316. The molecule has 7 heteroatoms. The van der Waals surface area contributed by atoms with Gasteiger partial charge in [-0.3, -0.25) is 14.2 Å². The van der Waals surface area contributed by atoms with E-state index in [1.165, 1.54) is 12.3 Å². The molecule has 0 fully saturated rings. The van der Waals surface area contributed by atoms with E-state index in [2.05, 4.69) is 9.98 Å². The van der Waals surface area contributed by atoms with Crippen LogP contribution in [0.25, 0.3) is 11.1 Å². The second-order valence-corrected chi connectivity index (χ2v) is 9.04. The van der Waals surface area contributed by atoms with E-state index in [9.17, 15) is 8.60 Å². The van der Waals surface area contributed by atoms with E-state index in [0.29, 0.717) is 22.3 Å². The highest BCUT2D eigenvalue weighted by molar-refractivity contribution is 7.87. The maximum absolute atomic E-state index is 14.6. The zero-order chi connectivity index (χ0) is 19.1. The molecule has 0 saturated carbocycles. The molecule has 0 radical (unpaired) electrons. The molecule has 26 heavy (non-hydrogen) atoms. The van der Waals surface area contributed by atoms with E-state index >= 15 is 0 Å². The molecule has 0 bridgehead atoms. The maximum atomic E-state index is 14.6. The van der Waals surface area contributed by atoms with Crippen LogP contribution in [-0.4, -0.2) is 25.5 Å². The second kappa shape index (κ2) is 6.29. The molecule has 5 nitrogen and oxygen atoms in total. The third-order valence-corrected chi connectivity index (χ3v) is 6.88. The summed E-state index contributed by atoms with van der Waals surface area (Å²) in [4.78, 5) is 8.55. The molecule has 1 aliphatic heterocycles. The first kappa shape index (κ1) is 18.2. The van der Waals surface area contributed by atoms with Gasteiger partial charge in [-0.1, -0.05) is 6.07 Å². The molecule has 0 aliphatic carbocycles. The Labute approximate surface area is 154 Å². The molecule has 2 N–H and O–H groups in total. The molecular formula is C19H19FN4OS. The van der Waals surface area contributed by atoms with E-state index < -0.39 is 26.9 Å². The predicted molar refractivity (Wildman–Crippen MR) is 100 cm³/mol. The van der Waals surface area contributed by atoms with Crippen LogP contribution in [0.1, 0.15) is 31.9 Å². The van der Waals surface area contributed by atoms with Crippen LogP contribution in [0.3, 0.4) is 0 Å². The van der Waals surface area contributed by atoms with Crippen molar-refractivity contribution < 1.29 is 8.60 Å². The van der Waals surface area contributed by atoms with Crippen molar-refractivity contribution in [1.82, 2.24) is 4.98 Å². The smallest absolute Gasteiger partial charge is 0.128 e. The molecule has 2 atom stereocenters. The number of nitriles is 1. The number of amidine groups is 1. The number of hydrogen-bond acceptors (Lipinski definition) is 5. The fourth-order valence-electron chi connectivity index (χ4n) is 2.90. The van der Waals surface area contributed by atoms with Gasteiger partial charge in [0.2, 0.25) is 0 Å². The van der Waals surface area contributed by atoms with Crippen LogP contribution in [0.2, 0.25) is 0 Å². The Morgan fingerprint density at radius 2 is 1.96 bits per heavy atom. The van der Waals surface area contributed by atoms with Gasteiger partial charge in [0.1, 0.15) is 17.7 Å². The maximum Gasteiger partial charge on any atom is 0.128 e. The molecule has 134 valence electrons. The summed E-state index contributed by atoms with van der Waals surface area (Å²) in [6, 6.07) is 8.37. The van der Waals surface area contributed by atoms with Gasteiger partial charge in [-0.05, 0) is 44.5 Å². The minimum absolute atomic E-state index is 0.178. The average molecular weight is 370 g/mol. The monoisotopic (exact) mass is 370 g/mol. The summed E-state index contributed by atoms with van der Waals surface area (Å²) in [6.45, 7) is 5.28. The van der Waals surface area contributed by atoms with Crippen molar-refractivity contribution in [2.75, 3.05) is 5.75 Å². The second-order valence-electron chi connectivity index (χ2n) is 7.04. The number of halogens is 1. The van der Waals surface area contributed by atoms with Crippen molar-refractivity contribution >= 4 is 16.6 Å². The zero-order valence-electron chi connectivity index (χ0n) is 14.8. The molecule has 1 unspecified atom stereocenters. The van der Waals surface area contributed by atoms with Crippen molar-refractivity contribution in [1.29, 1.82) is 5.26 Å². The van der Waals surface area contributed by atoms with Crippen LogP contribution in [-0.2, 0) is 16.3 Å². The van der Waals surface area contributed by atoms with Crippen molar-refractivity contribution in [3.05, 3.63) is 53.6 Å². The topological polar surface area (TPSA) is 92.1 Å². The van der Waals surface area contributed by atoms with E-state index in [0.717, 1.165) is 0 Å². The van der Waals surface area contributed by atoms with Gasteiger partial charge < -0.3 is 5.73 Å². The van der Waals surface area contributed by atoms with Crippen LogP contribution < -0.4 is 5.73 Å². The highest BCUT2D eigenvalue weighted by Crippen LogP contribution is 2.37. The van der Waals surface area contributed by atoms with Gasteiger partial charge in [0, 0.05) is 34.3 Å². The largest absolute Gasteiger partial charge is 0.386 e. The molecule has 2 aromatic rings. The van der Waals surface area contributed by atoms with Crippen LogP contribution in [0.4, 0.5) is 4.39 Å². The minimum Gasteiger partial charge on any atom is -0.386 e. The molecule has 1 aromatic carbocycles. The first-order valence-electron chi connectivity index (χ1n) is 8.07. The lowest BCUT2D eigenvalue weighted by molar-refractivity contribution is 0.494. The Balaban J connectivity index is 2.13. The van der Waals surface area contributed by atoms with Gasteiger partial charge >= 0.3 is 0 Å². The van der Waals surface area contributed by atoms with Crippen molar-refractivity contribution in [2.24, 2.45) is 10.7 Å². The molecule has 0 amide bonds. The SMILES string of the molecule is CC1(C)C(N)=N[C@](C)(c2cc(-c3cncc(C#N)c3)ccc2F)CS1=O. The van der Waals surface area contributed by atoms with E-state index in [1.54, 1.807) is 45.2 Å². The summed E-state index contributed by atoms with van der Waals surface area (Å²) in [5.74, 6) is -0.00572. The summed E-state index contributed by atoms with van der Waals surface area (Å²) in [6.07, 6.45) is 3.08. The Hall–Kier alpha value is -2.59. The molecule has 2 heterocycles. The van der Waals surface area contributed by atoms with Gasteiger partial charge in [-0.2, -0.15) is 5.26 Å². The number of benzene rings is 1. The zero-order valence-corrected chi connectivity index (χ0v) is 15.6. The average Bonchev–Trinajstić information content (AvgIpc) is 2.60. The van der Waals surface area contributed by atoms with Gasteiger partial charge in [-0.25, -0.2) is 4.39 Å². The van der Waals surface area contributed by atoms with E-state index in [4.69, 9.17) is 11.0 Å². The molecule has 3 rings (SSSR count). The number of hydrogen-bond donors (Lipinski definition) is 1. The quantitative estimate of drug-likeness (QED) is 0.880. The van der Waals surface area contributed by atoms with Crippen LogP contribution in [0.5, 0.6) is 0 Å². The first-order valence-corrected chi connectivity index (χ1v) is 9.39. The Kier molecular flexibility index (Phi) is 4.41. The van der Waals surface area contributed by atoms with Crippen LogP contribution in [0, 0.1) is 17.1 Å². The summed E-state index contributed by atoms with van der Waals surface area (Å²) in [5, 5.41) is 9.04. The first-order chi connectivity index (χ1) is 12.2.